The molecule has 0 aromatic heterocycles. The first-order valence-electron chi connectivity index (χ1n) is 5.36. The summed E-state index contributed by atoms with van der Waals surface area (Å²) in [6.45, 7) is 4.68. The fraction of sp³-hybridized carbons (Fsp3) is 0.500. The molecule has 1 atom stereocenters. The average molecular weight is 206 g/mol. The lowest BCUT2D eigenvalue weighted by atomic mass is 10.0. The summed E-state index contributed by atoms with van der Waals surface area (Å²) < 4.78 is 5.67. The molecule has 1 aliphatic rings. The number of benzene rings is 1. The van der Waals surface area contributed by atoms with E-state index >= 15 is 0 Å². The average Bonchev–Trinajstić information content (AvgIpc) is 2.37. The van der Waals surface area contributed by atoms with Crippen LogP contribution in [0, 0.1) is 0 Å². The second kappa shape index (κ2) is 4.21. The zero-order valence-corrected chi connectivity index (χ0v) is 9.36. The van der Waals surface area contributed by atoms with E-state index in [0.717, 1.165) is 25.4 Å². The predicted molar refractivity (Wildman–Crippen MR) is 60.9 cm³/mol. The molecule has 0 amide bonds. The van der Waals surface area contributed by atoms with E-state index in [0.29, 0.717) is 0 Å². The fourth-order valence-corrected chi connectivity index (χ4v) is 1.83. The lowest BCUT2D eigenvalue weighted by Gasteiger charge is -2.13. The minimum Gasteiger partial charge on any atom is -0.492 e. The summed E-state index contributed by atoms with van der Waals surface area (Å²) in [7, 11) is 2.11. The van der Waals surface area contributed by atoms with Crippen LogP contribution in [0.5, 0.6) is 5.75 Å². The van der Waals surface area contributed by atoms with Crippen molar-refractivity contribution < 1.29 is 4.74 Å². The number of likely N-dealkylation sites (N-methyl/N-ethyl adjacent to an activating group) is 1. The summed E-state index contributed by atoms with van der Waals surface area (Å²) in [6.07, 6.45) is 0. The highest BCUT2D eigenvalue weighted by molar-refractivity contribution is 5.38. The van der Waals surface area contributed by atoms with E-state index in [1.54, 1.807) is 0 Å². The maximum Gasteiger partial charge on any atom is 0.123 e. The Morgan fingerprint density at radius 2 is 2.27 bits per heavy atom. The molecule has 0 radical (unpaired) electrons. The van der Waals surface area contributed by atoms with Gasteiger partial charge in [-0.25, -0.2) is 0 Å². The van der Waals surface area contributed by atoms with E-state index in [2.05, 4.69) is 24.1 Å². The Morgan fingerprint density at radius 3 is 3.00 bits per heavy atom. The second-order valence-corrected chi connectivity index (χ2v) is 4.24. The Balaban J connectivity index is 2.33. The predicted octanol–water partition coefficient (Wildman–Crippen LogP) is 1.53. The number of nitrogens with two attached hydrogens (primary N) is 1. The molecule has 0 saturated carbocycles. The van der Waals surface area contributed by atoms with Gasteiger partial charge in [-0.2, -0.15) is 0 Å². The number of hydrogen-bond donors (Lipinski definition) is 1. The van der Waals surface area contributed by atoms with Crippen molar-refractivity contribution in [3.8, 4) is 5.75 Å². The van der Waals surface area contributed by atoms with E-state index in [4.69, 9.17) is 10.5 Å². The molecule has 1 aromatic carbocycles. The van der Waals surface area contributed by atoms with E-state index in [9.17, 15) is 0 Å². The summed E-state index contributed by atoms with van der Waals surface area (Å²) in [5, 5.41) is 0. The lowest BCUT2D eigenvalue weighted by molar-refractivity contribution is 0.259. The van der Waals surface area contributed by atoms with Crippen LogP contribution in [0.25, 0.3) is 0 Å². The highest BCUT2D eigenvalue weighted by atomic mass is 16.5. The first kappa shape index (κ1) is 10.5. The van der Waals surface area contributed by atoms with Crippen molar-refractivity contribution in [1.29, 1.82) is 0 Å². The highest BCUT2D eigenvalue weighted by Gasteiger charge is 2.13. The van der Waals surface area contributed by atoms with Crippen molar-refractivity contribution in [2.45, 2.75) is 19.5 Å². The van der Waals surface area contributed by atoms with Gasteiger partial charge in [0.2, 0.25) is 0 Å². The molecule has 1 unspecified atom stereocenters. The standard InChI is InChI=1S/C12H18N2O/c1-9(13)10-3-4-12-11(7-10)8-14(2)5-6-15-12/h3-4,7,9H,5-6,8,13H2,1-2H3. The molecule has 82 valence electrons. The van der Waals surface area contributed by atoms with Gasteiger partial charge in [0.15, 0.2) is 0 Å². The Hall–Kier alpha value is -1.06. The molecule has 0 saturated heterocycles. The molecular weight excluding hydrogens is 188 g/mol. The van der Waals surface area contributed by atoms with E-state index in [1.807, 2.05) is 13.0 Å². The number of fused-ring (bicyclic) bond motifs is 1. The number of nitrogens with zero attached hydrogens (tertiary/aromatic N) is 1. The highest BCUT2D eigenvalue weighted by Crippen LogP contribution is 2.25. The number of hydrogen-bond acceptors (Lipinski definition) is 3. The van der Waals surface area contributed by atoms with E-state index in [1.165, 1.54) is 11.1 Å². The Morgan fingerprint density at radius 1 is 1.47 bits per heavy atom. The van der Waals surface area contributed by atoms with Gasteiger partial charge in [0.05, 0.1) is 0 Å². The zero-order chi connectivity index (χ0) is 10.8. The van der Waals surface area contributed by atoms with Crippen molar-refractivity contribution in [3.05, 3.63) is 29.3 Å². The molecule has 15 heavy (non-hydrogen) atoms. The topological polar surface area (TPSA) is 38.5 Å². The number of rotatable bonds is 1. The first-order chi connectivity index (χ1) is 7.16. The van der Waals surface area contributed by atoms with E-state index in [-0.39, 0.29) is 6.04 Å². The molecule has 2 rings (SSSR count). The van der Waals surface area contributed by atoms with Crippen LogP contribution in [-0.2, 0) is 6.54 Å². The third-order valence-corrected chi connectivity index (χ3v) is 2.78. The molecular formula is C12H18N2O. The van der Waals surface area contributed by atoms with Gasteiger partial charge >= 0.3 is 0 Å². The van der Waals surface area contributed by atoms with Crippen molar-refractivity contribution in [2.24, 2.45) is 5.73 Å². The third kappa shape index (κ3) is 2.30. The third-order valence-electron chi connectivity index (χ3n) is 2.78. The Kier molecular flexibility index (Phi) is 2.93. The lowest BCUT2D eigenvalue weighted by Crippen LogP contribution is -2.20. The molecule has 0 aliphatic carbocycles. The van der Waals surface area contributed by atoms with Gasteiger partial charge in [-0.15, -0.1) is 0 Å². The Labute approximate surface area is 90.8 Å². The molecule has 0 spiro atoms. The van der Waals surface area contributed by atoms with Gasteiger partial charge in [-0.3, -0.25) is 4.90 Å². The Bertz CT molecular complexity index is 349. The molecule has 1 aromatic rings. The largest absolute Gasteiger partial charge is 0.492 e. The SMILES string of the molecule is CC(N)c1ccc2c(c1)CN(C)CCO2. The minimum absolute atomic E-state index is 0.0869. The molecule has 3 heteroatoms. The molecule has 0 bridgehead atoms. The van der Waals surface area contributed by atoms with Crippen LogP contribution in [0.1, 0.15) is 24.1 Å². The molecule has 3 nitrogen and oxygen atoms in total. The fourth-order valence-electron chi connectivity index (χ4n) is 1.83. The molecule has 1 aliphatic heterocycles. The van der Waals surface area contributed by atoms with Crippen molar-refractivity contribution in [3.63, 3.8) is 0 Å². The minimum atomic E-state index is 0.0869. The van der Waals surface area contributed by atoms with E-state index < -0.39 is 0 Å². The quantitative estimate of drug-likeness (QED) is 0.757. The van der Waals surface area contributed by atoms with Crippen molar-refractivity contribution >= 4 is 0 Å². The van der Waals surface area contributed by atoms with Crippen LogP contribution in [0.15, 0.2) is 18.2 Å². The summed E-state index contributed by atoms with van der Waals surface area (Å²) in [4.78, 5) is 2.26. The van der Waals surface area contributed by atoms with Gasteiger partial charge in [-0.1, -0.05) is 6.07 Å². The van der Waals surface area contributed by atoms with Crippen LogP contribution >= 0.6 is 0 Å². The van der Waals surface area contributed by atoms with Crippen LogP contribution < -0.4 is 10.5 Å². The summed E-state index contributed by atoms with van der Waals surface area (Å²) in [5.41, 5.74) is 8.28. The smallest absolute Gasteiger partial charge is 0.123 e. The van der Waals surface area contributed by atoms with Crippen LogP contribution in [0.3, 0.4) is 0 Å². The molecule has 1 heterocycles. The molecule has 0 fully saturated rings. The normalized spacial score (nSPS) is 18.9. The van der Waals surface area contributed by atoms with Gasteiger partial charge < -0.3 is 10.5 Å². The second-order valence-electron chi connectivity index (χ2n) is 4.24. The summed E-state index contributed by atoms with van der Waals surface area (Å²) in [6, 6.07) is 6.33. The van der Waals surface area contributed by atoms with Crippen molar-refractivity contribution in [2.75, 3.05) is 20.2 Å². The van der Waals surface area contributed by atoms with Crippen LogP contribution in [0.2, 0.25) is 0 Å². The van der Waals surface area contributed by atoms with Crippen LogP contribution in [-0.4, -0.2) is 25.1 Å². The van der Waals surface area contributed by atoms with Gasteiger partial charge in [0, 0.05) is 24.7 Å². The van der Waals surface area contributed by atoms with Gasteiger partial charge in [0.25, 0.3) is 0 Å². The number of ether oxygens (including phenoxy) is 1. The van der Waals surface area contributed by atoms with Crippen LogP contribution in [0.4, 0.5) is 0 Å². The van der Waals surface area contributed by atoms with Gasteiger partial charge in [-0.05, 0) is 31.7 Å². The monoisotopic (exact) mass is 206 g/mol. The zero-order valence-electron chi connectivity index (χ0n) is 9.36. The maximum atomic E-state index is 5.87. The maximum absolute atomic E-state index is 5.87. The summed E-state index contributed by atoms with van der Waals surface area (Å²) in [5.74, 6) is 1.00. The van der Waals surface area contributed by atoms with Gasteiger partial charge in [0.1, 0.15) is 12.4 Å². The first-order valence-corrected chi connectivity index (χ1v) is 5.36. The van der Waals surface area contributed by atoms with Crippen molar-refractivity contribution in [1.82, 2.24) is 4.90 Å². The summed E-state index contributed by atoms with van der Waals surface area (Å²) >= 11 is 0. The molecule has 2 N–H and O–H groups in total.